The van der Waals surface area contributed by atoms with E-state index in [1.54, 1.807) is 6.07 Å². The van der Waals surface area contributed by atoms with Crippen molar-refractivity contribution < 1.29 is 13.2 Å². The Bertz CT molecular complexity index is 452. The highest BCUT2D eigenvalue weighted by molar-refractivity contribution is 9.10. The summed E-state index contributed by atoms with van der Waals surface area (Å²) < 4.78 is 37.9. The van der Waals surface area contributed by atoms with E-state index in [2.05, 4.69) is 15.9 Å². The molecule has 0 saturated heterocycles. The largest absolute Gasteiger partial charge is 0.405 e. The summed E-state index contributed by atoms with van der Waals surface area (Å²) in [6, 6.07) is 6.54. The molecular formula is C12H12BrF3N2. The number of hydrogen-bond donors (Lipinski definition) is 0. The van der Waals surface area contributed by atoms with Gasteiger partial charge in [-0.2, -0.15) is 18.4 Å². The minimum Gasteiger partial charge on any atom is -0.363 e. The molecule has 0 amide bonds. The number of rotatable bonds is 4. The average Bonchev–Trinajstić information content (AvgIpc) is 2.26. The number of halogens is 4. The van der Waals surface area contributed by atoms with Gasteiger partial charge in [-0.25, -0.2) is 0 Å². The van der Waals surface area contributed by atoms with Gasteiger partial charge in [-0.05, 0) is 40.5 Å². The second-order valence-electron chi connectivity index (χ2n) is 3.81. The summed E-state index contributed by atoms with van der Waals surface area (Å²) in [5, 5.41) is 8.76. The van der Waals surface area contributed by atoms with Crippen molar-refractivity contribution in [1.82, 2.24) is 0 Å². The number of nitriles is 1. The maximum absolute atomic E-state index is 12.5. The van der Waals surface area contributed by atoms with E-state index in [9.17, 15) is 13.2 Å². The summed E-state index contributed by atoms with van der Waals surface area (Å²) in [6.07, 6.45) is -3.62. The average molecular weight is 321 g/mol. The van der Waals surface area contributed by atoms with Crippen LogP contribution < -0.4 is 4.90 Å². The molecule has 0 aliphatic heterocycles. The third-order valence-corrected chi connectivity index (χ3v) is 2.96. The fraction of sp³-hybridized carbons (Fsp3) is 0.417. The van der Waals surface area contributed by atoms with Crippen LogP contribution >= 0.6 is 15.9 Å². The van der Waals surface area contributed by atoms with E-state index in [0.29, 0.717) is 28.7 Å². The topological polar surface area (TPSA) is 27.0 Å². The van der Waals surface area contributed by atoms with Gasteiger partial charge in [0.2, 0.25) is 0 Å². The van der Waals surface area contributed by atoms with Crippen LogP contribution in [0.5, 0.6) is 0 Å². The third-order valence-electron chi connectivity index (χ3n) is 2.30. The Kier molecular flexibility index (Phi) is 5.03. The first kappa shape index (κ1) is 14.8. The maximum Gasteiger partial charge on any atom is 0.405 e. The van der Waals surface area contributed by atoms with Crippen molar-refractivity contribution in [2.45, 2.75) is 19.5 Å². The highest BCUT2D eigenvalue weighted by Gasteiger charge is 2.30. The Hall–Kier alpha value is -1.22. The third kappa shape index (κ3) is 4.22. The van der Waals surface area contributed by atoms with Crippen LogP contribution in [0.3, 0.4) is 0 Å². The number of nitrogens with zero attached hydrogens (tertiary/aromatic N) is 2. The van der Waals surface area contributed by atoms with Crippen LogP contribution in [0, 0.1) is 11.3 Å². The van der Waals surface area contributed by atoms with Crippen molar-refractivity contribution in [1.29, 1.82) is 5.26 Å². The number of benzene rings is 1. The van der Waals surface area contributed by atoms with Gasteiger partial charge in [0.25, 0.3) is 0 Å². The van der Waals surface area contributed by atoms with E-state index in [1.807, 2.05) is 13.0 Å². The Morgan fingerprint density at radius 2 is 2.06 bits per heavy atom. The zero-order valence-corrected chi connectivity index (χ0v) is 11.3. The van der Waals surface area contributed by atoms with Crippen molar-refractivity contribution in [2.75, 3.05) is 18.0 Å². The molecule has 0 spiro atoms. The Balaban J connectivity index is 2.99. The van der Waals surface area contributed by atoms with Gasteiger partial charge in [0.15, 0.2) is 0 Å². The van der Waals surface area contributed by atoms with Crippen molar-refractivity contribution in [3.05, 3.63) is 28.2 Å². The highest BCUT2D eigenvalue weighted by atomic mass is 79.9. The first-order valence-electron chi connectivity index (χ1n) is 5.38. The quantitative estimate of drug-likeness (QED) is 0.835. The Morgan fingerprint density at radius 1 is 1.39 bits per heavy atom. The van der Waals surface area contributed by atoms with Gasteiger partial charge in [-0.3, -0.25) is 0 Å². The molecular weight excluding hydrogens is 309 g/mol. The fourth-order valence-electron chi connectivity index (χ4n) is 1.58. The molecule has 1 aromatic carbocycles. The van der Waals surface area contributed by atoms with Gasteiger partial charge in [-0.1, -0.05) is 6.92 Å². The Labute approximate surface area is 112 Å². The summed E-state index contributed by atoms with van der Waals surface area (Å²) in [6.45, 7) is 1.15. The molecule has 0 radical (unpaired) electrons. The van der Waals surface area contributed by atoms with E-state index in [1.165, 1.54) is 17.0 Å². The van der Waals surface area contributed by atoms with Gasteiger partial charge < -0.3 is 4.90 Å². The molecule has 0 bridgehead atoms. The van der Waals surface area contributed by atoms with Gasteiger partial charge >= 0.3 is 6.18 Å². The SMILES string of the molecule is CCCN(CC(F)(F)F)c1ccc(C#N)c(Br)c1. The summed E-state index contributed by atoms with van der Waals surface area (Å²) >= 11 is 3.18. The van der Waals surface area contributed by atoms with Crippen molar-refractivity contribution >= 4 is 21.6 Å². The van der Waals surface area contributed by atoms with Gasteiger partial charge in [0, 0.05) is 16.7 Å². The molecule has 18 heavy (non-hydrogen) atoms. The smallest absolute Gasteiger partial charge is 0.363 e. The van der Waals surface area contributed by atoms with Gasteiger partial charge in [-0.15, -0.1) is 0 Å². The molecule has 0 fully saturated rings. The monoisotopic (exact) mass is 320 g/mol. The first-order valence-corrected chi connectivity index (χ1v) is 6.18. The first-order chi connectivity index (χ1) is 8.37. The van der Waals surface area contributed by atoms with Crippen LogP contribution in [0.25, 0.3) is 0 Å². The van der Waals surface area contributed by atoms with Crippen LogP contribution in [0.15, 0.2) is 22.7 Å². The van der Waals surface area contributed by atoms with Crippen LogP contribution in [-0.4, -0.2) is 19.3 Å². The molecule has 0 aliphatic rings. The standard InChI is InChI=1S/C12H12BrF3N2/c1-2-5-18(8-12(14,15)16)10-4-3-9(7-17)11(13)6-10/h3-4,6H,2,5,8H2,1H3. The van der Waals surface area contributed by atoms with Crippen LogP contribution in [0.1, 0.15) is 18.9 Å². The summed E-state index contributed by atoms with van der Waals surface area (Å²) in [5.41, 5.74) is 0.863. The van der Waals surface area contributed by atoms with Crippen molar-refractivity contribution in [3.63, 3.8) is 0 Å². The molecule has 1 rings (SSSR count). The van der Waals surface area contributed by atoms with Gasteiger partial charge in [0.05, 0.1) is 5.56 Å². The van der Waals surface area contributed by atoms with E-state index in [-0.39, 0.29) is 0 Å². The van der Waals surface area contributed by atoms with E-state index >= 15 is 0 Å². The molecule has 0 heterocycles. The highest BCUT2D eigenvalue weighted by Crippen LogP contribution is 2.26. The van der Waals surface area contributed by atoms with Crippen LogP contribution in [-0.2, 0) is 0 Å². The number of anilines is 1. The second-order valence-corrected chi connectivity index (χ2v) is 4.67. The zero-order valence-electron chi connectivity index (χ0n) is 9.76. The second kappa shape index (κ2) is 6.10. The summed E-state index contributed by atoms with van der Waals surface area (Å²) in [5.74, 6) is 0. The normalized spacial score (nSPS) is 11.1. The zero-order chi connectivity index (χ0) is 13.8. The lowest BCUT2D eigenvalue weighted by atomic mass is 10.2. The molecule has 98 valence electrons. The summed E-state index contributed by atoms with van der Waals surface area (Å²) in [4.78, 5) is 1.26. The minimum absolute atomic E-state index is 0.317. The van der Waals surface area contributed by atoms with E-state index in [0.717, 1.165) is 0 Å². The number of alkyl halides is 3. The molecule has 0 saturated carbocycles. The molecule has 0 atom stereocenters. The van der Waals surface area contributed by atoms with E-state index in [4.69, 9.17) is 5.26 Å². The molecule has 0 aromatic heterocycles. The lowest BCUT2D eigenvalue weighted by Crippen LogP contribution is -2.34. The molecule has 0 unspecified atom stereocenters. The van der Waals surface area contributed by atoms with E-state index < -0.39 is 12.7 Å². The molecule has 0 N–H and O–H groups in total. The Morgan fingerprint density at radius 3 is 2.50 bits per heavy atom. The molecule has 1 aromatic rings. The summed E-state index contributed by atoms with van der Waals surface area (Å²) in [7, 11) is 0. The maximum atomic E-state index is 12.5. The van der Waals surface area contributed by atoms with Crippen LogP contribution in [0.4, 0.5) is 18.9 Å². The van der Waals surface area contributed by atoms with Gasteiger partial charge in [0.1, 0.15) is 12.6 Å². The minimum atomic E-state index is -4.24. The fourth-order valence-corrected chi connectivity index (χ4v) is 2.03. The predicted molar refractivity (Wildman–Crippen MR) is 67.4 cm³/mol. The predicted octanol–water partition coefficient (Wildman–Crippen LogP) is 4.10. The lowest BCUT2D eigenvalue weighted by molar-refractivity contribution is -0.119. The molecule has 6 heteroatoms. The molecule has 2 nitrogen and oxygen atoms in total. The van der Waals surface area contributed by atoms with Crippen molar-refractivity contribution in [3.8, 4) is 6.07 Å². The van der Waals surface area contributed by atoms with Crippen LogP contribution in [0.2, 0.25) is 0 Å². The number of hydrogen-bond acceptors (Lipinski definition) is 2. The van der Waals surface area contributed by atoms with Crippen molar-refractivity contribution in [2.24, 2.45) is 0 Å². The molecule has 0 aliphatic carbocycles. The lowest BCUT2D eigenvalue weighted by Gasteiger charge is -2.25.